The molecule has 1 saturated carbocycles. The number of para-hydroxylation sites is 1. The zero-order valence-electron chi connectivity index (χ0n) is 14.6. The van der Waals surface area contributed by atoms with Gasteiger partial charge in [0.1, 0.15) is 5.75 Å². The van der Waals surface area contributed by atoms with Crippen LogP contribution in [0.15, 0.2) is 48.5 Å². The van der Waals surface area contributed by atoms with Crippen molar-refractivity contribution in [1.82, 2.24) is 0 Å². The van der Waals surface area contributed by atoms with E-state index in [9.17, 15) is 9.59 Å². The molecule has 1 fully saturated rings. The van der Waals surface area contributed by atoms with Gasteiger partial charge >= 0.3 is 5.97 Å². The van der Waals surface area contributed by atoms with Gasteiger partial charge in [-0.15, -0.1) is 0 Å². The third-order valence-corrected chi connectivity index (χ3v) is 4.76. The molecule has 2 aromatic carbocycles. The van der Waals surface area contributed by atoms with Crippen LogP contribution in [0.5, 0.6) is 5.75 Å². The molecule has 0 bridgehead atoms. The minimum Gasteiger partial charge on any atom is -0.484 e. The summed E-state index contributed by atoms with van der Waals surface area (Å²) in [5, 5.41) is 11.7. The molecule has 0 atom stereocenters. The number of rotatable bonds is 6. The lowest BCUT2D eigenvalue weighted by atomic mass is 9.84. The van der Waals surface area contributed by atoms with E-state index in [4.69, 9.17) is 9.84 Å². The Morgan fingerprint density at radius 3 is 2.38 bits per heavy atom. The molecule has 0 aliphatic heterocycles. The fourth-order valence-corrected chi connectivity index (χ4v) is 3.39. The first-order chi connectivity index (χ1) is 12.6. The highest BCUT2D eigenvalue weighted by Gasteiger charge is 2.15. The highest BCUT2D eigenvalue weighted by molar-refractivity contribution is 6.00. The van der Waals surface area contributed by atoms with Crippen molar-refractivity contribution in [2.24, 2.45) is 0 Å². The van der Waals surface area contributed by atoms with Gasteiger partial charge in [-0.3, -0.25) is 4.79 Å². The Morgan fingerprint density at radius 1 is 1.00 bits per heavy atom. The van der Waals surface area contributed by atoms with E-state index in [1.54, 1.807) is 18.2 Å². The summed E-state index contributed by atoms with van der Waals surface area (Å²) in [5.74, 6) is -0.213. The molecule has 0 heterocycles. The minimum absolute atomic E-state index is 0.0534. The summed E-state index contributed by atoms with van der Waals surface area (Å²) in [6.45, 7) is -0.170. The van der Waals surface area contributed by atoms with Crippen molar-refractivity contribution in [2.75, 3.05) is 11.9 Å². The summed E-state index contributed by atoms with van der Waals surface area (Å²) in [6, 6.07) is 14.2. The first-order valence-corrected chi connectivity index (χ1v) is 8.98. The van der Waals surface area contributed by atoms with E-state index in [1.807, 2.05) is 12.1 Å². The van der Waals surface area contributed by atoms with Crippen molar-refractivity contribution < 1.29 is 19.4 Å². The quantitative estimate of drug-likeness (QED) is 0.804. The summed E-state index contributed by atoms with van der Waals surface area (Å²) in [6.07, 6.45) is 6.40. The molecule has 1 aliphatic rings. The Hall–Kier alpha value is -2.82. The van der Waals surface area contributed by atoms with Gasteiger partial charge in [-0.25, -0.2) is 4.79 Å². The number of carboxylic acid groups (broad SMARTS) is 1. The van der Waals surface area contributed by atoms with Gasteiger partial charge in [0.05, 0.1) is 11.3 Å². The molecule has 2 N–H and O–H groups in total. The molecule has 3 rings (SSSR count). The number of nitrogens with one attached hydrogen (secondary N) is 1. The monoisotopic (exact) mass is 353 g/mol. The Morgan fingerprint density at radius 2 is 1.69 bits per heavy atom. The predicted octanol–water partition coefficient (Wildman–Crippen LogP) is 4.45. The van der Waals surface area contributed by atoms with Crippen LogP contribution in [0.25, 0.3) is 0 Å². The molecular weight excluding hydrogens is 330 g/mol. The van der Waals surface area contributed by atoms with Gasteiger partial charge in [0.2, 0.25) is 0 Å². The summed E-state index contributed by atoms with van der Waals surface area (Å²) < 4.78 is 5.52. The van der Waals surface area contributed by atoms with E-state index in [1.165, 1.54) is 43.7 Å². The number of anilines is 1. The van der Waals surface area contributed by atoms with Crippen molar-refractivity contribution in [2.45, 2.75) is 38.0 Å². The summed E-state index contributed by atoms with van der Waals surface area (Å²) in [7, 11) is 0. The fraction of sp³-hybridized carbons (Fsp3) is 0.333. The van der Waals surface area contributed by atoms with E-state index in [0.29, 0.717) is 11.7 Å². The van der Waals surface area contributed by atoms with Crippen LogP contribution in [-0.4, -0.2) is 23.6 Å². The zero-order chi connectivity index (χ0) is 18.4. The van der Waals surface area contributed by atoms with E-state index >= 15 is 0 Å². The number of hydrogen-bond donors (Lipinski definition) is 2. The maximum Gasteiger partial charge on any atom is 0.337 e. The Labute approximate surface area is 153 Å². The first kappa shape index (κ1) is 18.0. The fourth-order valence-electron chi connectivity index (χ4n) is 3.39. The van der Waals surface area contributed by atoms with Crippen molar-refractivity contribution >= 4 is 17.6 Å². The molecule has 0 spiro atoms. The molecular formula is C21H23NO4. The topological polar surface area (TPSA) is 75.6 Å². The van der Waals surface area contributed by atoms with Gasteiger partial charge in [-0.2, -0.15) is 0 Å². The number of carbonyl (C=O) groups excluding carboxylic acids is 1. The van der Waals surface area contributed by atoms with Crippen molar-refractivity contribution in [3.63, 3.8) is 0 Å². The van der Waals surface area contributed by atoms with Gasteiger partial charge in [0.25, 0.3) is 5.91 Å². The highest BCUT2D eigenvalue weighted by Crippen LogP contribution is 2.33. The van der Waals surface area contributed by atoms with Crippen LogP contribution < -0.4 is 10.1 Å². The summed E-state index contributed by atoms with van der Waals surface area (Å²) in [4.78, 5) is 23.2. The van der Waals surface area contributed by atoms with Crippen LogP contribution >= 0.6 is 0 Å². The highest BCUT2D eigenvalue weighted by atomic mass is 16.5. The average molecular weight is 353 g/mol. The van der Waals surface area contributed by atoms with Crippen molar-refractivity contribution in [1.29, 1.82) is 0 Å². The second-order valence-corrected chi connectivity index (χ2v) is 6.59. The molecule has 0 radical (unpaired) electrons. The molecule has 1 amide bonds. The number of aromatic carboxylic acids is 1. The number of carboxylic acids is 1. The Balaban J connectivity index is 1.54. The molecule has 1 aliphatic carbocycles. The van der Waals surface area contributed by atoms with E-state index < -0.39 is 11.9 Å². The maximum atomic E-state index is 12.0. The van der Waals surface area contributed by atoms with Crippen molar-refractivity contribution in [3.05, 3.63) is 59.7 Å². The molecule has 0 unspecified atom stereocenters. The lowest BCUT2D eigenvalue weighted by Crippen LogP contribution is -2.21. The Bertz CT molecular complexity index is 764. The van der Waals surface area contributed by atoms with Gasteiger partial charge in [-0.05, 0) is 48.6 Å². The van der Waals surface area contributed by atoms with Crippen LogP contribution in [0.4, 0.5) is 5.69 Å². The third-order valence-electron chi connectivity index (χ3n) is 4.76. The molecule has 26 heavy (non-hydrogen) atoms. The number of hydrogen-bond acceptors (Lipinski definition) is 3. The van der Waals surface area contributed by atoms with Crippen molar-refractivity contribution in [3.8, 4) is 5.75 Å². The zero-order valence-corrected chi connectivity index (χ0v) is 14.6. The van der Waals surface area contributed by atoms with Crippen LogP contribution in [-0.2, 0) is 4.79 Å². The van der Waals surface area contributed by atoms with Gasteiger partial charge in [0, 0.05) is 0 Å². The van der Waals surface area contributed by atoms with Crippen LogP contribution in [0.1, 0.15) is 53.9 Å². The number of ether oxygens (including phenoxy) is 1. The maximum absolute atomic E-state index is 12.0. The SMILES string of the molecule is O=C(COc1ccc(C2CCCCC2)cc1)Nc1ccccc1C(=O)O. The molecule has 5 nitrogen and oxygen atoms in total. The second kappa shape index (κ2) is 8.52. The third kappa shape index (κ3) is 4.63. The average Bonchev–Trinajstić information content (AvgIpc) is 2.68. The molecule has 0 saturated heterocycles. The molecule has 5 heteroatoms. The molecule has 2 aromatic rings. The standard InChI is InChI=1S/C21H23NO4/c23-20(22-19-9-5-4-8-18(19)21(24)25)14-26-17-12-10-16(11-13-17)15-6-2-1-3-7-15/h4-5,8-13,15H,1-3,6-7,14H2,(H,22,23)(H,24,25). The minimum atomic E-state index is -1.08. The summed E-state index contributed by atoms with van der Waals surface area (Å²) >= 11 is 0. The normalized spacial score (nSPS) is 14.6. The number of carbonyl (C=O) groups is 2. The molecule has 136 valence electrons. The largest absolute Gasteiger partial charge is 0.484 e. The smallest absolute Gasteiger partial charge is 0.337 e. The first-order valence-electron chi connectivity index (χ1n) is 8.98. The number of amides is 1. The van der Waals surface area contributed by atoms with Crippen LogP contribution in [0.3, 0.4) is 0 Å². The van der Waals surface area contributed by atoms with E-state index in [2.05, 4.69) is 17.4 Å². The molecule has 0 aromatic heterocycles. The lowest BCUT2D eigenvalue weighted by Gasteiger charge is -2.22. The van der Waals surface area contributed by atoms with Crippen LogP contribution in [0, 0.1) is 0 Å². The van der Waals surface area contributed by atoms with Gasteiger partial charge < -0.3 is 15.2 Å². The lowest BCUT2D eigenvalue weighted by molar-refractivity contribution is -0.118. The van der Waals surface area contributed by atoms with Gasteiger partial charge in [-0.1, -0.05) is 43.5 Å². The van der Waals surface area contributed by atoms with Crippen LogP contribution in [0.2, 0.25) is 0 Å². The van der Waals surface area contributed by atoms with Gasteiger partial charge in [0.15, 0.2) is 6.61 Å². The Kier molecular flexibility index (Phi) is 5.89. The second-order valence-electron chi connectivity index (χ2n) is 6.59. The van der Waals surface area contributed by atoms with E-state index in [0.717, 1.165) is 0 Å². The predicted molar refractivity (Wildman–Crippen MR) is 99.8 cm³/mol. The van der Waals surface area contributed by atoms with E-state index in [-0.39, 0.29) is 17.9 Å². The summed E-state index contributed by atoms with van der Waals surface area (Å²) in [5.41, 5.74) is 1.65. The number of benzene rings is 2.